The molecule has 0 aliphatic heterocycles. The van der Waals surface area contributed by atoms with Crippen molar-refractivity contribution in [1.82, 2.24) is 0 Å². The average molecular weight is 321 g/mol. The van der Waals surface area contributed by atoms with Gasteiger partial charge in [0.2, 0.25) is 0 Å². The molecule has 1 fully saturated rings. The molecule has 0 spiro atoms. The second kappa shape index (κ2) is 7.11. The summed E-state index contributed by atoms with van der Waals surface area (Å²) in [5.74, 6) is -0.0919. The molecule has 20 heavy (non-hydrogen) atoms. The van der Waals surface area contributed by atoms with Crippen molar-refractivity contribution < 1.29 is 10.0 Å². The van der Waals surface area contributed by atoms with E-state index in [0.717, 1.165) is 25.7 Å². The number of nitrogens with zero attached hydrogens (tertiary/aromatic N) is 1. The van der Waals surface area contributed by atoms with Crippen LogP contribution in [0, 0.1) is 16.0 Å². The van der Waals surface area contributed by atoms with Gasteiger partial charge < -0.3 is 10.8 Å². The maximum Gasteiger partial charge on any atom is 0.278 e. The van der Waals surface area contributed by atoms with Crippen LogP contribution in [0.25, 0.3) is 0 Å². The van der Waals surface area contributed by atoms with E-state index in [-0.39, 0.29) is 40.3 Å². The molecule has 0 heterocycles. The van der Waals surface area contributed by atoms with Crippen LogP contribution in [0.2, 0.25) is 5.02 Å². The Bertz CT molecular complexity index is 491. The van der Waals surface area contributed by atoms with Crippen LogP contribution >= 0.6 is 24.0 Å². The lowest BCUT2D eigenvalue weighted by atomic mass is 9.81. The lowest BCUT2D eigenvalue weighted by molar-refractivity contribution is -0.385. The monoisotopic (exact) mass is 320 g/mol. The molecule has 2 rings (SSSR count). The van der Waals surface area contributed by atoms with Crippen molar-refractivity contribution in [3.8, 4) is 5.75 Å². The van der Waals surface area contributed by atoms with E-state index in [1.165, 1.54) is 18.6 Å². The molecule has 1 aliphatic rings. The minimum atomic E-state index is -0.542. The Balaban J connectivity index is 0.00000200. The van der Waals surface area contributed by atoms with E-state index in [4.69, 9.17) is 17.3 Å². The van der Waals surface area contributed by atoms with Crippen LogP contribution in [0.5, 0.6) is 5.75 Å². The van der Waals surface area contributed by atoms with E-state index in [2.05, 4.69) is 0 Å². The smallest absolute Gasteiger partial charge is 0.278 e. The molecule has 0 saturated heterocycles. The van der Waals surface area contributed by atoms with Gasteiger partial charge in [-0.25, -0.2) is 0 Å². The standard InChI is InChI=1S/C13H17ClN2O3.ClH/c14-9-6-7-10(16(18)19)11(13(9)17)12(15)8-4-2-1-3-5-8;/h6-8,12,17H,1-5,15H2;1H/t12-;/m1./s1. The normalized spacial score (nSPS) is 17.3. The third-order valence-electron chi connectivity index (χ3n) is 3.83. The molecule has 0 amide bonds. The van der Waals surface area contributed by atoms with Crippen molar-refractivity contribution in [2.45, 2.75) is 38.1 Å². The van der Waals surface area contributed by atoms with Crippen molar-refractivity contribution in [3.63, 3.8) is 0 Å². The van der Waals surface area contributed by atoms with E-state index in [0.29, 0.717) is 0 Å². The van der Waals surface area contributed by atoms with Gasteiger partial charge in [-0.15, -0.1) is 12.4 Å². The van der Waals surface area contributed by atoms with Crippen LogP contribution in [0.15, 0.2) is 12.1 Å². The van der Waals surface area contributed by atoms with Gasteiger partial charge in [0.25, 0.3) is 5.69 Å². The van der Waals surface area contributed by atoms with Crippen molar-refractivity contribution in [3.05, 3.63) is 32.8 Å². The summed E-state index contributed by atoms with van der Waals surface area (Å²) >= 11 is 5.85. The van der Waals surface area contributed by atoms with Crippen molar-refractivity contribution in [2.24, 2.45) is 11.7 Å². The number of halogens is 2. The summed E-state index contributed by atoms with van der Waals surface area (Å²) in [6, 6.07) is 2.09. The number of nitro benzene ring substituents is 1. The number of nitrogens with two attached hydrogens (primary N) is 1. The summed E-state index contributed by atoms with van der Waals surface area (Å²) in [6.45, 7) is 0. The predicted molar refractivity (Wildman–Crippen MR) is 80.5 cm³/mol. The molecule has 3 N–H and O–H groups in total. The molecular weight excluding hydrogens is 303 g/mol. The van der Waals surface area contributed by atoms with Crippen LogP contribution in [0.3, 0.4) is 0 Å². The number of hydrogen-bond acceptors (Lipinski definition) is 4. The van der Waals surface area contributed by atoms with Gasteiger partial charge in [-0.3, -0.25) is 10.1 Å². The molecule has 0 aromatic heterocycles. The van der Waals surface area contributed by atoms with E-state index >= 15 is 0 Å². The highest BCUT2D eigenvalue weighted by Crippen LogP contribution is 2.43. The van der Waals surface area contributed by atoms with E-state index in [9.17, 15) is 15.2 Å². The number of phenolic OH excluding ortho intramolecular Hbond substituents is 1. The summed E-state index contributed by atoms with van der Waals surface area (Å²) in [7, 11) is 0. The quantitative estimate of drug-likeness (QED) is 0.651. The summed E-state index contributed by atoms with van der Waals surface area (Å²) in [4.78, 5) is 10.5. The highest BCUT2D eigenvalue weighted by Gasteiger charge is 2.31. The van der Waals surface area contributed by atoms with Crippen molar-refractivity contribution in [1.29, 1.82) is 0 Å². The molecule has 1 atom stereocenters. The fourth-order valence-corrected chi connectivity index (χ4v) is 2.95. The molecule has 0 bridgehead atoms. The van der Waals surface area contributed by atoms with Crippen molar-refractivity contribution in [2.75, 3.05) is 0 Å². The largest absolute Gasteiger partial charge is 0.506 e. The molecule has 1 saturated carbocycles. The Morgan fingerprint density at radius 3 is 2.50 bits per heavy atom. The topological polar surface area (TPSA) is 89.4 Å². The fourth-order valence-electron chi connectivity index (χ4n) is 2.79. The zero-order chi connectivity index (χ0) is 14.0. The first-order valence-electron chi connectivity index (χ1n) is 6.43. The summed E-state index contributed by atoms with van der Waals surface area (Å²) in [5.41, 5.74) is 6.17. The molecule has 1 aromatic rings. The maximum absolute atomic E-state index is 11.1. The second-order valence-electron chi connectivity index (χ2n) is 5.01. The summed E-state index contributed by atoms with van der Waals surface area (Å²) < 4.78 is 0. The molecule has 1 aliphatic carbocycles. The first kappa shape index (κ1) is 17.0. The Morgan fingerprint density at radius 1 is 1.35 bits per heavy atom. The average Bonchev–Trinajstić information content (AvgIpc) is 2.41. The van der Waals surface area contributed by atoms with E-state index in [1.807, 2.05) is 0 Å². The number of rotatable bonds is 3. The first-order chi connectivity index (χ1) is 9.02. The summed E-state index contributed by atoms with van der Waals surface area (Å²) in [5, 5.41) is 21.2. The Labute approximate surface area is 128 Å². The van der Waals surface area contributed by atoms with Gasteiger partial charge in [0.15, 0.2) is 0 Å². The van der Waals surface area contributed by atoms with Gasteiger partial charge in [-0.1, -0.05) is 30.9 Å². The van der Waals surface area contributed by atoms with Crippen LogP contribution < -0.4 is 5.73 Å². The first-order valence-corrected chi connectivity index (χ1v) is 6.81. The van der Waals surface area contributed by atoms with Crippen molar-refractivity contribution >= 4 is 29.7 Å². The maximum atomic E-state index is 11.1. The lowest BCUT2D eigenvalue weighted by Crippen LogP contribution is -2.24. The minimum Gasteiger partial charge on any atom is -0.506 e. The number of nitro groups is 1. The number of benzene rings is 1. The molecule has 112 valence electrons. The third kappa shape index (κ3) is 3.34. The van der Waals surface area contributed by atoms with Gasteiger partial charge in [0.05, 0.1) is 15.5 Å². The van der Waals surface area contributed by atoms with E-state index in [1.54, 1.807) is 0 Å². The highest BCUT2D eigenvalue weighted by molar-refractivity contribution is 6.32. The van der Waals surface area contributed by atoms with Crippen LogP contribution in [-0.4, -0.2) is 10.0 Å². The van der Waals surface area contributed by atoms with Crippen LogP contribution in [0.1, 0.15) is 43.7 Å². The minimum absolute atomic E-state index is 0. The summed E-state index contributed by atoms with van der Waals surface area (Å²) in [6.07, 6.45) is 5.20. The zero-order valence-electron chi connectivity index (χ0n) is 10.9. The van der Waals surface area contributed by atoms with Gasteiger partial charge in [0, 0.05) is 12.1 Å². The Morgan fingerprint density at radius 2 is 1.95 bits per heavy atom. The fraction of sp³-hybridized carbons (Fsp3) is 0.538. The lowest BCUT2D eigenvalue weighted by Gasteiger charge is -2.28. The predicted octanol–water partition coefficient (Wildman–Crippen LogP) is 3.96. The molecule has 0 unspecified atom stereocenters. The number of hydrogen-bond donors (Lipinski definition) is 2. The highest BCUT2D eigenvalue weighted by atomic mass is 35.5. The molecule has 5 nitrogen and oxygen atoms in total. The molecular formula is C13H18Cl2N2O3. The van der Waals surface area contributed by atoms with Gasteiger partial charge >= 0.3 is 0 Å². The van der Waals surface area contributed by atoms with Crippen LogP contribution in [-0.2, 0) is 0 Å². The Hall–Kier alpha value is -1.04. The SMILES string of the molecule is Cl.N[C@@H](c1c([N+](=O)[O-])ccc(Cl)c1O)C1CCCCC1. The second-order valence-corrected chi connectivity index (χ2v) is 5.42. The molecule has 1 aromatic carbocycles. The van der Waals surface area contributed by atoms with E-state index < -0.39 is 11.0 Å². The molecule has 0 radical (unpaired) electrons. The Kier molecular flexibility index (Phi) is 6.05. The number of phenols is 1. The van der Waals surface area contributed by atoms with Crippen LogP contribution in [0.4, 0.5) is 5.69 Å². The van der Waals surface area contributed by atoms with Gasteiger partial charge in [-0.05, 0) is 24.8 Å². The van der Waals surface area contributed by atoms with Gasteiger partial charge in [-0.2, -0.15) is 0 Å². The third-order valence-corrected chi connectivity index (χ3v) is 4.14. The number of aromatic hydroxyl groups is 1. The van der Waals surface area contributed by atoms with Gasteiger partial charge in [0.1, 0.15) is 5.75 Å². The zero-order valence-corrected chi connectivity index (χ0v) is 12.5. The molecule has 7 heteroatoms.